The number of aryl methyl sites for hydroxylation is 1. The average Bonchev–Trinajstić information content (AvgIpc) is 3.15. The predicted molar refractivity (Wildman–Crippen MR) is 113 cm³/mol. The van der Waals surface area contributed by atoms with Gasteiger partial charge < -0.3 is 10.3 Å². The van der Waals surface area contributed by atoms with Crippen molar-refractivity contribution in [1.82, 2.24) is 19.9 Å². The third-order valence-electron chi connectivity index (χ3n) is 4.90. The molecule has 1 atom stereocenters. The molecule has 6 nitrogen and oxygen atoms in total. The number of amides is 1. The number of benzene rings is 2. The van der Waals surface area contributed by atoms with E-state index in [9.17, 15) is 14.0 Å². The second-order valence-corrected chi connectivity index (χ2v) is 7.47. The molecule has 0 spiro atoms. The number of aromatic amines is 1. The van der Waals surface area contributed by atoms with Crippen LogP contribution in [0.15, 0.2) is 59.5 Å². The van der Waals surface area contributed by atoms with Crippen molar-refractivity contribution in [3.63, 3.8) is 0 Å². The summed E-state index contributed by atoms with van der Waals surface area (Å²) in [5.74, 6) is -0.780. The highest BCUT2D eigenvalue weighted by Gasteiger charge is 2.17. The van der Waals surface area contributed by atoms with Crippen LogP contribution in [0.3, 0.4) is 0 Å². The maximum absolute atomic E-state index is 13.1. The van der Waals surface area contributed by atoms with E-state index in [1.54, 1.807) is 31.3 Å². The fraction of sp³-hybridized carbons (Fsp3) is 0.136. The van der Waals surface area contributed by atoms with Gasteiger partial charge in [0.25, 0.3) is 11.5 Å². The molecule has 30 heavy (non-hydrogen) atoms. The van der Waals surface area contributed by atoms with E-state index in [2.05, 4.69) is 15.4 Å². The number of carbonyl (C=O) groups excluding carboxylic acids is 1. The first kappa shape index (κ1) is 19.8. The molecule has 4 aromatic rings. The Labute approximate surface area is 176 Å². The van der Waals surface area contributed by atoms with Crippen LogP contribution < -0.4 is 10.9 Å². The van der Waals surface area contributed by atoms with Gasteiger partial charge in [-0.15, -0.1) is 0 Å². The topological polar surface area (TPSA) is 79.3 Å². The highest BCUT2D eigenvalue weighted by molar-refractivity contribution is 6.31. The molecule has 0 radical (unpaired) electrons. The molecule has 0 aliphatic heterocycles. The predicted octanol–water partition coefficient (Wildman–Crippen LogP) is 4.28. The summed E-state index contributed by atoms with van der Waals surface area (Å²) in [4.78, 5) is 27.9. The molecule has 2 N–H and O–H groups in total. The Morgan fingerprint density at radius 1 is 1.20 bits per heavy atom. The highest BCUT2D eigenvalue weighted by atomic mass is 35.5. The van der Waals surface area contributed by atoms with Gasteiger partial charge >= 0.3 is 0 Å². The summed E-state index contributed by atoms with van der Waals surface area (Å²) in [7, 11) is 0. The van der Waals surface area contributed by atoms with Crippen molar-refractivity contribution in [2.75, 3.05) is 0 Å². The molecule has 8 heteroatoms. The Bertz CT molecular complexity index is 1310. The number of nitrogens with one attached hydrogen (secondary N) is 2. The Morgan fingerprint density at radius 2 is 1.93 bits per heavy atom. The van der Waals surface area contributed by atoms with Gasteiger partial charge in [-0.25, -0.2) is 8.91 Å². The molecule has 0 fully saturated rings. The van der Waals surface area contributed by atoms with Crippen LogP contribution in [0.2, 0.25) is 5.02 Å². The zero-order valence-corrected chi connectivity index (χ0v) is 17.0. The third-order valence-corrected chi connectivity index (χ3v) is 5.31. The van der Waals surface area contributed by atoms with Crippen molar-refractivity contribution in [2.45, 2.75) is 19.9 Å². The number of H-pyrrole nitrogens is 1. The molecule has 0 unspecified atom stereocenters. The number of hydrogen-bond acceptors (Lipinski definition) is 3. The Hall–Kier alpha value is -3.45. The molecule has 152 valence electrons. The van der Waals surface area contributed by atoms with E-state index in [-0.39, 0.29) is 28.6 Å². The van der Waals surface area contributed by atoms with Gasteiger partial charge in [-0.3, -0.25) is 9.59 Å². The van der Waals surface area contributed by atoms with Crippen molar-refractivity contribution >= 4 is 23.0 Å². The van der Waals surface area contributed by atoms with Crippen LogP contribution in [-0.4, -0.2) is 20.5 Å². The lowest BCUT2D eigenvalue weighted by atomic mass is 10.1. The van der Waals surface area contributed by atoms with Gasteiger partial charge in [-0.05, 0) is 43.2 Å². The Morgan fingerprint density at radius 3 is 2.63 bits per heavy atom. The van der Waals surface area contributed by atoms with Gasteiger partial charge in [-0.1, -0.05) is 35.9 Å². The van der Waals surface area contributed by atoms with Gasteiger partial charge in [0.1, 0.15) is 11.3 Å². The molecular formula is C22H18ClFN4O2. The first-order valence-corrected chi connectivity index (χ1v) is 9.65. The number of hydrogen-bond donors (Lipinski definition) is 2. The van der Waals surface area contributed by atoms with Crippen molar-refractivity contribution < 1.29 is 9.18 Å². The number of carbonyl (C=O) groups is 1. The summed E-state index contributed by atoms with van der Waals surface area (Å²) >= 11 is 6.19. The van der Waals surface area contributed by atoms with Crippen LogP contribution in [0.4, 0.5) is 4.39 Å². The standard InChI is InChI=1S/C22H18ClFN4O2/c1-12-3-4-15(9-17(12)23)19-11-28-20(22(30)26-19)10-18(27-28)21(29)25-13(2)14-5-7-16(24)8-6-14/h3-11,13H,1-2H3,(H,25,29)(H,26,30)/t13-/m1/s1. The minimum absolute atomic E-state index is 0.105. The summed E-state index contributed by atoms with van der Waals surface area (Å²) in [5, 5.41) is 7.64. The van der Waals surface area contributed by atoms with Crippen LogP contribution in [0.1, 0.15) is 34.6 Å². The molecule has 0 aliphatic rings. The summed E-state index contributed by atoms with van der Waals surface area (Å²) in [6, 6.07) is 12.4. The highest BCUT2D eigenvalue weighted by Crippen LogP contribution is 2.23. The van der Waals surface area contributed by atoms with Gasteiger partial charge in [0.15, 0.2) is 5.69 Å². The maximum atomic E-state index is 13.1. The lowest BCUT2D eigenvalue weighted by Gasteiger charge is -2.13. The van der Waals surface area contributed by atoms with E-state index in [0.717, 1.165) is 16.7 Å². The van der Waals surface area contributed by atoms with Crippen LogP contribution in [0.25, 0.3) is 16.8 Å². The van der Waals surface area contributed by atoms with Crippen molar-refractivity contribution in [3.05, 3.63) is 92.7 Å². The van der Waals surface area contributed by atoms with E-state index >= 15 is 0 Å². The maximum Gasteiger partial charge on any atom is 0.274 e. The van der Waals surface area contributed by atoms with Gasteiger partial charge in [-0.2, -0.15) is 5.10 Å². The van der Waals surface area contributed by atoms with E-state index in [4.69, 9.17) is 11.6 Å². The zero-order chi connectivity index (χ0) is 21.4. The molecule has 2 aromatic heterocycles. The molecule has 2 aromatic carbocycles. The molecule has 4 rings (SSSR count). The number of fused-ring (bicyclic) bond motifs is 1. The Kier molecular flexibility index (Phi) is 5.13. The minimum atomic E-state index is -0.435. The van der Waals surface area contributed by atoms with Crippen LogP contribution in [-0.2, 0) is 0 Å². The molecule has 1 amide bonds. The minimum Gasteiger partial charge on any atom is -0.344 e. The normalized spacial score (nSPS) is 12.1. The monoisotopic (exact) mass is 424 g/mol. The Balaban J connectivity index is 1.63. The molecule has 0 saturated heterocycles. The summed E-state index contributed by atoms with van der Waals surface area (Å²) in [6.07, 6.45) is 1.64. The van der Waals surface area contributed by atoms with Crippen LogP contribution >= 0.6 is 11.6 Å². The first-order valence-electron chi connectivity index (χ1n) is 9.27. The number of rotatable bonds is 4. The fourth-order valence-electron chi connectivity index (χ4n) is 3.13. The molecule has 2 heterocycles. The largest absolute Gasteiger partial charge is 0.344 e. The quantitative estimate of drug-likeness (QED) is 0.513. The smallest absolute Gasteiger partial charge is 0.274 e. The number of halogens is 2. The SMILES string of the molecule is Cc1ccc(-c2cn3nc(C(=O)N[C@H](C)c4ccc(F)cc4)cc3c(=O)[nH]2)cc1Cl. The average molecular weight is 425 g/mol. The second kappa shape index (κ2) is 7.76. The zero-order valence-electron chi connectivity index (χ0n) is 16.2. The number of nitrogens with zero attached hydrogens (tertiary/aromatic N) is 2. The molecule has 0 bridgehead atoms. The molecule has 0 saturated carbocycles. The van der Waals surface area contributed by atoms with Gasteiger partial charge in [0.05, 0.1) is 17.9 Å². The lowest BCUT2D eigenvalue weighted by molar-refractivity contribution is 0.0934. The summed E-state index contributed by atoms with van der Waals surface area (Å²) in [6.45, 7) is 3.68. The van der Waals surface area contributed by atoms with Crippen molar-refractivity contribution in [3.8, 4) is 11.3 Å². The van der Waals surface area contributed by atoms with Crippen molar-refractivity contribution in [1.29, 1.82) is 0 Å². The van der Waals surface area contributed by atoms with Gasteiger partial charge in [0.2, 0.25) is 0 Å². The van der Waals surface area contributed by atoms with E-state index < -0.39 is 5.91 Å². The fourth-order valence-corrected chi connectivity index (χ4v) is 3.31. The summed E-state index contributed by atoms with van der Waals surface area (Å²) < 4.78 is 14.5. The second-order valence-electron chi connectivity index (χ2n) is 7.07. The van der Waals surface area contributed by atoms with Crippen molar-refractivity contribution in [2.24, 2.45) is 0 Å². The van der Waals surface area contributed by atoms with Gasteiger partial charge in [0, 0.05) is 16.7 Å². The number of aromatic nitrogens is 3. The lowest BCUT2D eigenvalue weighted by Crippen LogP contribution is -2.27. The summed E-state index contributed by atoms with van der Waals surface area (Å²) in [5.41, 5.74) is 2.93. The molecular weight excluding hydrogens is 407 g/mol. The molecule has 0 aliphatic carbocycles. The van der Waals surface area contributed by atoms with E-state index in [1.165, 1.54) is 22.7 Å². The first-order chi connectivity index (χ1) is 14.3. The third kappa shape index (κ3) is 3.84. The van der Waals surface area contributed by atoms with E-state index in [1.807, 2.05) is 19.1 Å². The van der Waals surface area contributed by atoms with Crippen LogP contribution in [0, 0.1) is 12.7 Å². The van der Waals surface area contributed by atoms with Crippen LogP contribution in [0.5, 0.6) is 0 Å². The van der Waals surface area contributed by atoms with E-state index in [0.29, 0.717) is 10.7 Å².